The van der Waals surface area contributed by atoms with Crippen LogP contribution < -0.4 is 4.74 Å². The summed E-state index contributed by atoms with van der Waals surface area (Å²) in [6.07, 6.45) is 2.12. The first-order valence-corrected chi connectivity index (χ1v) is 6.43. The van der Waals surface area contributed by atoms with E-state index in [1.54, 1.807) is 7.11 Å². The second-order valence-electron chi connectivity index (χ2n) is 4.77. The standard InChI is InChI=1S/C17H17NO/c1-12-16-6-4-5-11-18(16)13(2)17(12)14-7-9-15(19-3)10-8-14/h4-11H,1-3H3. The lowest BCUT2D eigenvalue weighted by atomic mass is 10.0. The Kier molecular flexibility index (Phi) is 2.79. The molecule has 0 aliphatic carbocycles. The Labute approximate surface area is 113 Å². The van der Waals surface area contributed by atoms with Crippen LogP contribution in [0.4, 0.5) is 0 Å². The highest BCUT2D eigenvalue weighted by molar-refractivity contribution is 5.79. The van der Waals surface area contributed by atoms with Gasteiger partial charge >= 0.3 is 0 Å². The molecule has 0 bridgehead atoms. The number of methoxy groups -OCH3 is 1. The third kappa shape index (κ3) is 1.80. The fraction of sp³-hybridized carbons (Fsp3) is 0.176. The van der Waals surface area contributed by atoms with Crippen LogP contribution in [-0.2, 0) is 0 Å². The first kappa shape index (κ1) is 11.8. The summed E-state index contributed by atoms with van der Waals surface area (Å²) in [5.74, 6) is 0.892. The second kappa shape index (κ2) is 4.47. The zero-order valence-electron chi connectivity index (χ0n) is 11.5. The summed E-state index contributed by atoms with van der Waals surface area (Å²) in [5.41, 5.74) is 6.42. The van der Waals surface area contributed by atoms with E-state index in [1.807, 2.05) is 12.1 Å². The Morgan fingerprint density at radius 1 is 0.947 bits per heavy atom. The van der Waals surface area contributed by atoms with Crippen molar-refractivity contribution in [2.24, 2.45) is 0 Å². The van der Waals surface area contributed by atoms with Crippen LogP contribution in [0, 0.1) is 13.8 Å². The minimum Gasteiger partial charge on any atom is -0.497 e. The quantitative estimate of drug-likeness (QED) is 0.664. The second-order valence-corrected chi connectivity index (χ2v) is 4.77. The minimum absolute atomic E-state index is 0.892. The Morgan fingerprint density at radius 2 is 1.68 bits per heavy atom. The number of rotatable bonds is 2. The molecule has 19 heavy (non-hydrogen) atoms. The molecule has 2 aromatic heterocycles. The van der Waals surface area contributed by atoms with Crippen LogP contribution >= 0.6 is 0 Å². The van der Waals surface area contributed by atoms with Gasteiger partial charge in [0.05, 0.1) is 7.11 Å². The van der Waals surface area contributed by atoms with Crippen LogP contribution in [0.15, 0.2) is 48.7 Å². The summed E-state index contributed by atoms with van der Waals surface area (Å²) in [6, 6.07) is 14.6. The normalized spacial score (nSPS) is 10.9. The summed E-state index contributed by atoms with van der Waals surface area (Å²) in [5, 5.41) is 0. The molecule has 3 rings (SSSR count). The maximum Gasteiger partial charge on any atom is 0.118 e. The van der Waals surface area contributed by atoms with Gasteiger partial charge in [-0.1, -0.05) is 18.2 Å². The van der Waals surface area contributed by atoms with E-state index in [-0.39, 0.29) is 0 Å². The third-order valence-electron chi connectivity index (χ3n) is 3.72. The first-order valence-electron chi connectivity index (χ1n) is 6.43. The average molecular weight is 251 g/mol. The maximum absolute atomic E-state index is 5.22. The van der Waals surface area contributed by atoms with E-state index in [0.717, 1.165) is 5.75 Å². The van der Waals surface area contributed by atoms with E-state index in [4.69, 9.17) is 4.74 Å². The van der Waals surface area contributed by atoms with Crippen molar-refractivity contribution in [2.75, 3.05) is 7.11 Å². The van der Waals surface area contributed by atoms with E-state index in [0.29, 0.717) is 0 Å². The number of aromatic nitrogens is 1. The highest BCUT2D eigenvalue weighted by atomic mass is 16.5. The minimum atomic E-state index is 0.892. The van der Waals surface area contributed by atoms with E-state index >= 15 is 0 Å². The van der Waals surface area contributed by atoms with Crippen molar-refractivity contribution < 1.29 is 4.74 Å². The van der Waals surface area contributed by atoms with Crippen LogP contribution in [0.25, 0.3) is 16.6 Å². The molecule has 3 aromatic rings. The molecule has 0 saturated heterocycles. The van der Waals surface area contributed by atoms with E-state index in [2.05, 4.69) is 54.8 Å². The Morgan fingerprint density at radius 3 is 2.32 bits per heavy atom. The maximum atomic E-state index is 5.22. The lowest BCUT2D eigenvalue weighted by molar-refractivity contribution is 0.415. The summed E-state index contributed by atoms with van der Waals surface area (Å²) in [4.78, 5) is 0. The molecule has 0 spiro atoms. The summed E-state index contributed by atoms with van der Waals surface area (Å²) >= 11 is 0. The van der Waals surface area contributed by atoms with Crippen LogP contribution in [0.1, 0.15) is 11.3 Å². The number of pyridine rings is 1. The van der Waals surface area contributed by atoms with Gasteiger partial charge in [0.2, 0.25) is 0 Å². The van der Waals surface area contributed by atoms with Crippen molar-refractivity contribution in [1.82, 2.24) is 4.40 Å². The molecule has 0 fully saturated rings. The Balaban J connectivity index is 2.24. The zero-order valence-corrected chi connectivity index (χ0v) is 11.5. The van der Waals surface area contributed by atoms with Gasteiger partial charge in [0.15, 0.2) is 0 Å². The molecule has 0 N–H and O–H groups in total. The highest BCUT2D eigenvalue weighted by Gasteiger charge is 2.13. The molecule has 2 heteroatoms. The molecule has 0 aliphatic rings. The van der Waals surface area contributed by atoms with Crippen LogP contribution in [0.2, 0.25) is 0 Å². The molecule has 1 aromatic carbocycles. The van der Waals surface area contributed by atoms with Gasteiger partial charge in [0.1, 0.15) is 5.75 Å². The van der Waals surface area contributed by atoms with Gasteiger partial charge in [-0.3, -0.25) is 0 Å². The average Bonchev–Trinajstić information content (AvgIpc) is 2.72. The molecule has 0 unspecified atom stereocenters. The van der Waals surface area contributed by atoms with E-state index in [9.17, 15) is 0 Å². The lowest BCUT2D eigenvalue weighted by Gasteiger charge is -2.05. The van der Waals surface area contributed by atoms with Gasteiger partial charge in [-0.15, -0.1) is 0 Å². The molecule has 0 atom stereocenters. The number of hydrogen-bond donors (Lipinski definition) is 0. The zero-order chi connectivity index (χ0) is 13.4. The molecular formula is C17H17NO. The number of nitrogens with zero attached hydrogens (tertiary/aromatic N) is 1. The molecule has 0 radical (unpaired) electrons. The van der Waals surface area contributed by atoms with Crippen molar-refractivity contribution >= 4 is 5.52 Å². The largest absolute Gasteiger partial charge is 0.497 e. The van der Waals surface area contributed by atoms with Crippen molar-refractivity contribution in [3.05, 3.63) is 59.9 Å². The third-order valence-corrected chi connectivity index (χ3v) is 3.72. The fourth-order valence-corrected chi connectivity index (χ4v) is 2.74. The van der Waals surface area contributed by atoms with Crippen LogP contribution in [-0.4, -0.2) is 11.5 Å². The van der Waals surface area contributed by atoms with E-state index in [1.165, 1.54) is 27.9 Å². The van der Waals surface area contributed by atoms with Gasteiger partial charge in [0, 0.05) is 23.0 Å². The van der Waals surface area contributed by atoms with Gasteiger partial charge < -0.3 is 9.14 Å². The molecule has 96 valence electrons. The smallest absolute Gasteiger partial charge is 0.118 e. The fourth-order valence-electron chi connectivity index (χ4n) is 2.74. The Bertz CT molecular complexity index is 684. The summed E-state index contributed by atoms with van der Waals surface area (Å²) in [7, 11) is 1.69. The van der Waals surface area contributed by atoms with Crippen molar-refractivity contribution in [3.63, 3.8) is 0 Å². The monoisotopic (exact) mass is 251 g/mol. The van der Waals surface area contributed by atoms with Gasteiger partial charge in [-0.25, -0.2) is 0 Å². The predicted molar refractivity (Wildman–Crippen MR) is 78.9 cm³/mol. The molecule has 0 saturated carbocycles. The van der Waals surface area contributed by atoms with Crippen LogP contribution in [0.3, 0.4) is 0 Å². The first-order chi connectivity index (χ1) is 9.22. The van der Waals surface area contributed by atoms with Gasteiger partial charge in [0.25, 0.3) is 0 Å². The molecule has 0 aliphatic heterocycles. The molecule has 2 nitrogen and oxygen atoms in total. The number of fused-ring (bicyclic) bond motifs is 1. The topological polar surface area (TPSA) is 13.6 Å². The SMILES string of the molecule is COc1ccc(-c2c(C)c3ccccn3c2C)cc1. The molecule has 0 amide bonds. The number of ether oxygens (including phenoxy) is 1. The Hall–Kier alpha value is -2.22. The highest BCUT2D eigenvalue weighted by Crippen LogP contribution is 2.32. The van der Waals surface area contributed by atoms with E-state index < -0.39 is 0 Å². The van der Waals surface area contributed by atoms with Gasteiger partial charge in [-0.2, -0.15) is 0 Å². The number of benzene rings is 1. The predicted octanol–water partition coefficient (Wildman–Crippen LogP) is 4.23. The summed E-state index contributed by atoms with van der Waals surface area (Å²) in [6.45, 7) is 4.35. The number of aryl methyl sites for hydroxylation is 2. The molecular weight excluding hydrogens is 234 g/mol. The van der Waals surface area contributed by atoms with Crippen molar-refractivity contribution in [2.45, 2.75) is 13.8 Å². The van der Waals surface area contributed by atoms with Crippen molar-refractivity contribution in [1.29, 1.82) is 0 Å². The van der Waals surface area contributed by atoms with Crippen LogP contribution in [0.5, 0.6) is 5.75 Å². The van der Waals surface area contributed by atoms with Crippen molar-refractivity contribution in [3.8, 4) is 16.9 Å². The number of hydrogen-bond acceptors (Lipinski definition) is 1. The summed E-state index contributed by atoms with van der Waals surface area (Å²) < 4.78 is 7.46. The van der Waals surface area contributed by atoms with Gasteiger partial charge in [-0.05, 0) is 49.2 Å². The lowest BCUT2D eigenvalue weighted by Crippen LogP contribution is -1.87. The molecule has 2 heterocycles.